The maximum Gasteiger partial charge on any atom is 0.107 e. The molecule has 3 rings (SSSR count). The molecular weight excluding hydrogens is 239 g/mol. The van der Waals surface area contributed by atoms with Crippen LogP contribution in [0.3, 0.4) is 0 Å². The van der Waals surface area contributed by atoms with Crippen LogP contribution in [0, 0.1) is 0 Å². The number of alkyl halides is 1. The van der Waals surface area contributed by atoms with Gasteiger partial charge in [0.1, 0.15) is 6.67 Å². The molecule has 2 nitrogen and oxygen atoms in total. The van der Waals surface area contributed by atoms with Gasteiger partial charge in [0.15, 0.2) is 0 Å². The number of hydrogen-bond donors (Lipinski definition) is 1. The summed E-state index contributed by atoms with van der Waals surface area (Å²) in [5.41, 5.74) is 2.72. The lowest BCUT2D eigenvalue weighted by Gasteiger charge is -2.40. The Morgan fingerprint density at radius 3 is 2.74 bits per heavy atom. The normalized spacial score (nSPS) is 22.1. The van der Waals surface area contributed by atoms with Gasteiger partial charge in [-0.3, -0.25) is 0 Å². The molecule has 0 bridgehead atoms. The summed E-state index contributed by atoms with van der Waals surface area (Å²) in [7, 11) is 0. The summed E-state index contributed by atoms with van der Waals surface area (Å²) < 4.78 is 12.9. The molecule has 0 radical (unpaired) electrons. The highest BCUT2D eigenvalue weighted by molar-refractivity contribution is 5.55. The fraction of sp³-hybridized carbons (Fsp3) is 0.625. The molecule has 19 heavy (non-hydrogen) atoms. The minimum Gasteiger partial charge on any atom is -0.367 e. The average Bonchev–Trinajstić information content (AvgIpc) is 2.59. The molecule has 1 aliphatic carbocycles. The molecular formula is C16H23FN2. The highest BCUT2D eigenvalue weighted by atomic mass is 19.1. The van der Waals surface area contributed by atoms with Crippen LogP contribution in [-0.4, -0.2) is 25.3 Å². The average molecular weight is 262 g/mol. The summed E-state index contributed by atoms with van der Waals surface area (Å²) in [5.74, 6) is 0. The molecule has 1 saturated carbocycles. The van der Waals surface area contributed by atoms with Crippen LogP contribution >= 0.6 is 0 Å². The first-order chi connectivity index (χ1) is 9.33. The Morgan fingerprint density at radius 1 is 1.16 bits per heavy atom. The molecule has 0 atom stereocenters. The lowest BCUT2D eigenvalue weighted by Crippen LogP contribution is -2.53. The molecule has 3 heteroatoms. The summed E-state index contributed by atoms with van der Waals surface area (Å²) in [6, 6.07) is 8.43. The van der Waals surface area contributed by atoms with E-state index in [2.05, 4.69) is 34.5 Å². The molecule has 1 aliphatic heterocycles. The molecule has 104 valence electrons. The minimum absolute atomic E-state index is 0.201. The number of benzene rings is 1. The van der Waals surface area contributed by atoms with E-state index in [0.717, 1.165) is 13.1 Å². The van der Waals surface area contributed by atoms with Gasteiger partial charge >= 0.3 is 0 Å². The lowest BCUT2D eigenvalue weighted by atomic mass is 9.81. The smallest absolute Gasteiger partial charge is 0.107 e. The molecule has 1 N–H and O–H groups in total. The van der Waals surface area contributed by atoms with E-state index in [4.69, 9.17) is 0 Å². The summed E-state index contributed by atoms with van der Waals surface area (Å²) in [6.45, 7) is 2.11. The Balaban J connectivity index is 1.89. The highest BCUT2D eigenvalue weighted by Gasteiger charge is 2.35. The number of anilines is 1. The van der Waals surface area contributed by atoms with Crippen LogP contribution in [0.2, 0.25) is 0 Å². The van der Waals surface area contributed by atoms with E-state index in [-0.39, 0.29) is 12.2 Å². The number of fused-ring (bicyclic) bond motifs is 1. The molecule has 1 heterocycles. The first-order valence-corrected chi connectivity index (χ1v) is 7.47. The van der Waals surface area contributed by atoms with Gasteiger partial charge < -0.3 is 10.2 Å². The van der Waals surface area contributed by atoms with Crippen LogP contribution in [0.1, 0.15) is 37.7 Å². The summed E-state index contributed by atoms with van der Waals surface area (Å²) in [5, 5.41) is 3.78. The highest BCUT2D eigenvalue weighted by Crippen LogP contribution is 2.34. The minimum atomic E-state index is -0.273. The lowest BCUT2D eigenvalue weighted by molar-refractivity contribution is 0.235. The largest absolute Gasteiger partial charge is 0.367 e. The molecule has 0 saturated heterocycles. The van der Waals surface area contributed by atoms with E-state index in [1.807, 2.05) is 0 Å². The Bertz CT molecular complexity index is 427. The van der Waals surface area contributed by atoms with Crippen LogP contribution in [0.4, 0.5) is 10.1 Å². The molecule has 2 aliphatic rings. The number of para-hydroxylation sites is 1. The van der Waals surface area contributed by atoms with E-state index in [9.17, 15) is 4.39 Å². The van der Waals surface area contributed by atoms with Crippen LogP contribution in [0.5, 0.6) is 0 Å². The second-order valence-corrected chi connectivity index (χ2v) is 5.93. The van der Waals surface area contributed by atoms with Crippen molar-refractivity contribution in [1.82, 2.24) is 5.32 Å². The number of nitrogens with zero attached hydrogens (tertiary/aromatic N) is 1. The van der Waals surface area contributed by atoms with Gasteiger partial charge in [0.25, 0.3) is 0 Å². The molecule has 1 fully saturated rings. The Kier molecular flexibility index (Phi) is 3.74. The maximum absolute atomic E-state index is 12.9. The second kappa shape index (κ2) is 5.49. The van der Waals surface area contributed by atoms with Crippen molar-refractivity contribution >= 4 is 5.69 Å². The number of nitrogens with one attached hydrogen (secondary N) is 1. The van der Waals surface area contributed by atoms with Gasteiger partial charge in [0.05, 0.1) is 0 Å². The van der Waals surface area contributed by atoms with Gasteiger partial charge in [-0.05, 0) is 24.5 Å². The SMILES string of the molecule is FCCN1CC2(CCCCC2)NCc2ccccc21. The Morgan fingerprint density at radius 2 is 1.95 bits per heavy atom. The van der Waals surface area contributed by atoms with Crippen molar-refractivity contribution in [3.63, 3.8) is 0 Å². The first-order valence-electron chi connectivity index (χ1n) is 7.47. The number of halogens is 1. The molecule has 0 amide bonds. The van der Waals surface area contributed by atoms with Crippen molar-refractivity contribution in [2.24, 2.45) is 0 Å². The van der Waals surface area contributed by atoms with Crippen molar-refractivity contribution in [2.45, 2.75) is 44.2 Å². The van der Waals surface area contributed by atoms with Crippen molar-refractivity contribution in [3.8, 4) is 0 Å². The van der Waals surface area contributed by atoms with E-state index in [1.165, 1.54) is 43.4 Å². The van der Waals surface area contributed by atoms with E-state index in [1.54, 1.807) is 0 Å². The van der Waals surface area contributed by atoms with Crippen LogP contribution in [0.15, 0.2) is 24.3 Å². The zero-order valence-corrected chi connectivity index (χ0v) is 11.5. The van der Waals surface area contributed by atoms with Crippen molar-refractivity contribution in [1.29, 1.82) is 0 Å². The van der Waals surface area contributed by atoms with Crippen molar-refractivity contribution in [3.05, 3.63) is 29.8 Å². The summed E-state index contributed by atoms with van der Waals surface area (Å²) >= 11 is 0. The van der Waals surface area contributed by atoms with Crippen molar-refractivity contribution in [2.75, 3.05) is 24.7 Å². The molecule has 0 unspecified atom stereocenters. The van der Waals surface area contributed by atoms with E-state index >= 15 is 0 Å². The van der Waals surface area contributed by atoms with Crippen molar-refractivity contribution < 1.29 is 4.39 Å². The van der Waals surface area contributed by atoms with Crippen LogP contribution in [0.25, 0.3) is 0 Å². The molecule has 1 aromatic carbocycles. The van der Waals surface area contributed by atoms with Gasteiger partial charge in [-0.2, -0.15) is 0 Å². The molecule has 1 aromatic rings. The van der Waals surface area contributed by atoms with Gasteiger partial charge in [-0.15, -0.1) is 0 Å². The third-order valence-corrected chi connectivity index (χ3v) is 4.64. The number of rotatable bonds is 2. The van der Waals surface area contributed by atoms with Gasteiger partial charge in [0, 0.05) is 30.9 Å². The first kappa shape index (κ1) is 12.9. The zero-order valence-electron chi connectivity index (χ0n) is 11.5. The van der Waals surface area contributed by atoms with Crippen LogP contribution in [-0.2, 0) is 6.54 Å². The van der Waals surface area contributed by atoms with Gasteiger partial charge in [-0.1, -0.05) is 37.5 Å². The fourth-order valence-corrected chi connectivity index (χ4v) is 3.62. The predicted octanol–water partition coefficient (Wildman–Crippen LogP) is 3.27. The van der Waals surface area contributed by atoms with Gasteiger partial charge in [-0.25, -0.2) is 4.39 Å². The summed E-state index contributed by atoms with van der Waals surface area (Å²) in [4.78, 5) is 2.25. The summed E-state index contributed by atoms with van der Waals surface area (Å²) in [6.07, 6.45) is 6.40. The predicted molar refractivity (Wildman–Crippen MR) is 77.3 cm³/mol. The second-order valence-electron chi connectivity index (χ2n) is 5.93. The quantitative estimate of drug-likeness (QED) is 0.880. The Hall–Kier alpha value is -1.09. The molecule has 0 aromatic heterocycles. The maximum atomic E-state index is 12.9. The number of hydrogen-bond acceptors (Lipinski definition) is 2. The van der Waals surface area contributed by atoms with Crippen LogP contribution < -0.4 is 10.2 Å². The Labute approximate surface area is 115 Å². The monoisotopic (exact) mass is 262 g/mol. The van der Waals surface area contributed by atoms with Gasteiger partial charge in [0.2, 0.25) is 0 Å². The molecule has 1 spiro atoms. The third-order valence-electron chi connectivity index (χ3n) is 4.64. The topological polar surface area (TPSA) is 15.3 Å². The van der Waals surface area contributed by atoms with E-state index in [0.29, 0.717) is 6.54 Å². The van der Waals surface area contributed by atoms with E-state index < -0.39 is 0 Å². The standard InChI is InChI=1S/C16H23FN2/c17-10-11-19-13-16(8-4-1-5-9-16)18-12-14-6-2-3-7-15(14)19/h2-3,6-7,18H,1,4-5,8-13H2. The fourth-order valence-electron chi connectivity index (χ4n) is 3.62. The zero-order chi connectivity index (χ0) is 13.1. The third kappa shape index (κ3) is 2.62.